The van der Waals surface area contributed by atoms with Gasteiger partial charge in [-0.2, -0.15) is 0 Å². The topological polar surface area (TPSA) is 52.3 Å². The first-order valence-electron chi connectivity index (χ1n) is 9.13. The number of alkyl halides is 3. The first-order chi connectivity index (χ1) is 13.1. The smallest absolute Gasteiger partial charge is 0.241 e. The molecule has 0 aliphatic rings. The lowest BCUT2D eigenvalue weighted by Crippen LogP contribution is -2.07. The Balaban J connectivity index is 2.13. The molecule has 1 aromatic rings. The van der Waals surface area contributed by atoms with Crippen LogP contribution in [0.3, 0.4) is 0 Å². The van der Waals surface area contributed by atoms with Crippen LogP contribution in [-0.2, 0) is 29.5 Å². The number of carbonyl (C=O) groups excluding carboxylic acids is 1. The molecule has 0 saturated carbocycles. The zero-order valence-electron chi connectivity index (χ0n) is 15.6. The normalized spacial score (nSPS) is 12.0. The number of benzene rings is 1. The molecule has 0 aliphatic heterocycles. The molecule has 0 saturated heterocycles. The van der Waals surface area contributed by atoms with Crippen LogP contribution >= 0.6 is 0 Å². The molecule has 1 amide bonds. The third-order valence-corrected chi connectivity index (χ3v) is 3.91. The Morgan fingerprint density at radius 1 is 0.963 bits per heavy atom. The van der Waals surface area contributed by atoms with Gasteiger partial charge in [-0.3, -0.25) is 4.79 Å². The number of ether oxygens (including phenoxy) is 1. The van der Waals surface area contributed by atoms with Crippen LogP contribution < -0.4 is 5.73 Å². The van der Waals surface area contributed by atoms with Crippen LogP contribution in [-0.4, -0.2) is 19.2 Å². The first kappa shape index (κ1) is 23.0. The summed E-state index contributed by atoms with van der Waals surface area (Å²) in [5, 5.41) is 0. The zero-order chi connectivity index (χ0) is 19.9. The Bertz CT molecular complexity index is 608. The van der Waals surface area contributed by atoms with Gasteiger partial charge in [0.1, 0.15) is 20.0 Å². The van der Waals surface area contributed by atoms with Crippen molar-refractivity contribution in [2.24, 2.45) is 5.73 Å². The minimum Gasteiger partial charge on any atom is -0.377 e. The van der Waals surface area contributed by atoms with Gasteiger partial charge in [0.15, 0.2) is 0 Å². The molecule has 0 aliphatic carbocycles. The van der Waals surface area contributed by atoms with Gasteiger partial charge in [-0.05, 0) is 41.5 Å². The summed E-state index contributed by atoms with van der Waals surface area (Å²) in [7, 11) is 0. The molecule has 0 radical (unpaired) electrons. The van der Waals surface area contributed by atoms with Gasteiger partial charge in [0.2, 0.25) is 5.91 Å². The Hall–Kier alpha value is -2.08. The second-order valence-corrected chi connectivity index (χ2v) is 6.34. The first-order valence-corrected chi connectivity index (χ1v) is 9.13. The van der Waals surface area contributed by atoms with Crippen LogP contribution in [0.5, 0.6) is 0 Å². The number of hydrogen-bond donors (Lipinski definition) is 1. The van der Waals surface area contributed by atoms with Gasteiger partial charge in [0, 0.05) is 12.7 Å². The number of hydrogen-bond acceptors (Lipinski definition) is 2. The van der Waals surface area contributed by atoms with E-state index in [4.69, 9.17) is 10.5 Å². The van der Waals surface area contributed by atoms with E-state index < -0.39 is 25.9 Å². The summed E-state index contributed by atoms with van der Waals surface area (Å²) >= 11 is 0. The van der Waals surface area contributed by atoms with Crippen molar-refractivity contribution in [1.82, 2.24) is 0 Å². The van der Waals surface area contributed by atoms with Crippen LogP contribution in [0.4, 0.5) is 13.2 Å². The highest BCUT2D eigenvalue weighted by molar-refractivity contribution is 5.87. The number of allylic oxidation sites excluding steroid dienone is 3. The zero-order valence-corrected chi connectivity index (χ0v) is 15.6. The average Bonchev–Trinajstić information content (AvgIpc) is 2.67. The van der Waals surface area contributed by atoms with E-state index in [1.54, 1.807) is 18.2 Å². The van der Waals surface area contributed by atoms with Gasteiger partial charge in [0.05, 0.1) is 6.61 Å². The number of nitrogens with two attached hydrogens (primary N) is 1. The van der Waals surface area contributed by atoms with Gasteiger partial charge in [-0.15, -0.1) is 0 Å². The summed E-state index contributed by atoms with van der Waals surface area (Å²) in [6, 6.07) is 4.92. The van der Waals surface area contributed by atoms with Crippen molar-refractivity contribution >= 4 is 5.91 Å². The van der Waals surface area contributed by atoms with Gasteiger partial charge in [0.25, 0.3) is 0 Å². The summed E-state index contributed by atoms with van der Waals surface area (Å²) in [6.07, 6.45) is 9.20. The number of primary amides is 1. The molecule has 1 aromatic carbocycles. The van der Waals surface area contributed by atoms with Crippen molar-refractivity contribution in [3.05, 3.63) is 58.7 Å². The summed E-state index contributed by atoms with van der Waals surface area (Å²) in [6.45, 7) is -0.992. The Morgan fingerprint density at radius 2 is 1.59 bits per heavy atom. The molecule has 0 atom stereocenters. The van der Waals surface area contributed by atoms with Gasteiger partial charge in [-0.25, -0.2) is 13.2 Å². The Morgan fingerprint density at radius 3 is 2.19 bits per heavy atom. The molecular formula is C21H28F3NO2. The second-order valence-electron chi connectivity index (χ2n) is 6.34. The minimum atomic E-state index is -0.710. The van der Waals surface area contributed by atoms with Crippen LogP contribution in [0.25, 0.3) is 0 Å². The summed E-state index contributed by atoms with van der Waals surface area (Å²) in [4.78, 5) is 10.7. The maximum Gasteiger partial charge on any atom is 0.241 e. The highest BCUT2D eigenvalue weighted by Crippen LogP contribution is 2.14. The predicted molar refractivity (Wildman–Crippen MR) is 101 cm³/mol. The van der Waals surface area contributed by atoms with Crippen LogP contribution in [0.1, 0.15) is 48.8 Å². The number of halogens is 3. The summed E-state index contributed by atoms with van der Waals surface area (Å²) in [5.74, 6) is -0.648. The lowest BCUT2D eigenvalue weighted by Gasteiger charge is -2.07. The Labute approximate surface area is 159 Å². The minimum absolute atomic E-state index is 0.281. The molecule has 6 heteroatoms. The molecule has 0 heterocycles. The van der Waals surface area contributed by atoms with Gasteiger partial charge >= 0.3 is 0 Å². The third kappa shape index (κ3) is 10.6. The van der Waals surface area contributed by atoms with Gasteiger partial charge in [-0.1, -0.05) is 43.2 Å². The molecule has 150 valence electrons. The van der Waals surface area contributed by atoms with E-state index in [0.717, 1.165) is 43.7 Å². The molecular weight excluding hydrogens is 355 g/mol. The molecule has 0 bridgehead atoms. The largest absolute Gasteiger partial charge is 0.377 e. The molecule has 0 aromatic heterocycles. The molecule has 0 spiro atoms. The van der Waals surface area contributed by atoms with E-state index in [-0.39, 0.29) is 5.57 Å². The number of unbranched alkanes of at least 4 members (excludes halogenated alkanes) is 4. The summed E-state index contributed by atoms with van der Waals surface area (Å²) in [5.41, 5.74) is 6.99. The van der Waals surface area contributed by atoms with Crippen molar-refractivity contribution in [2.45, 2.75) is 52.1 Å². The van der Waals surface area contributed by atoms with Crippen LogP contribution in [0.15, 0.2) is 42.0 Å². The molecule has 27 heavy (non-hydrogen) atoms. The second kappa shape index (κ2) is 14.0. The molecule has 2 N–H and O–H groups in total. The van der Waals surface area contributed by atoms with Crippen molar-refractivity contribution < 1.29 is 22.7 Å². The predicted octanol–water partition coefficient (Wildman–Crippen LogP) is 5.03. The lowest BCUT2D eigenvalue weighted by atomic mass is 10.1. The fourth-order valence-corrected chi connectivity index (χ4v) is 2.64. The van der Waals surface area contributed by atoms with E-state index in [2.05, 4.69) is 0 Å². The fraction of sp³-hybridized carbons (Fsp3) is 0.476. The van der Waals surface area contributed by atoms with E-state index in [1.807, 2.05) is 6.08 Å². The fourth-order valence-electron chi connectivity index (χ4n) is 2.64. The van der Waals surface area contributed by atoms with Crippen molar-refractivity contribution in [1.29, 1.82) is 0 Å². The van der Waals surface area contributed by atoms with Crippen LogP contribution in [0, 0.1) is 0 Å². The van der Waals surface area contributed by atoms with Crippen molar-refractivity contribution in [3.8, 4) is 0 Å². The molecule has 1 rings (SSSR count). The van der Waals surface area contributed by atoms with E-state index in [9.17, 15) is 18.0 Å². The number of amides is 1. The number of carbonyl (C=O) groups is 1. The third-order valence-electron chi connectivity index (χ3n) is 3.91. The van der Waals surface area contributed by atoms with E-state index in [0.29, 0.717) is 24.3 Å². The van der Waals surface area contributed by atoms with Gasteiger partial charge < -0.3 is 10.5 Å². The quantitative estimate of drug-likeness (QED) is 0.278. The summed E-state index contributed by atoms with van der Waals surface area (Å²) < 4.78 is 43.7. The number of rotatable bonds is 14. The van der Waals surface area contributed by atoms with Crippen molar-refractivity contribution in [2.75, 3.05) is 13.3 Å². The van der Waals surface area contributed by atoms with E-state index >= 15 is 0 Å². The van der Waals surface area contributed by atoms with E-state index in [1.165, 1.54) is 6.07 Å². The Kier molecular flexibility index (Phi) is 11.9. The lowest BCUT2D eigenvalue weighted by molar-refractivity contribution is -0.113. The maximum atomic E-state index is 12.7. The highest BCUT2D eigenvalue weighted by atomic mass is 19.1. The maximum absolute atomic E-state index is 12.7. The molecule has 0 unspecified atom stereocenters. The molecule has 3 nitrogen and oxygen atoms in total. The van der Waals surface area contributed by atoms with Crippen LogP contribution in [0.2, 0.25) is 0 Å². The average molecular weight is 383 g/mol. The SMILES string of the molecule is NC(=O)C=C(C=CCCCCCCOCc1cc(CF)cc(CF)c1)CF. The monoisotopic (exact) mass is 383 g/mol. The highest BCUT2D eigenvalue weighted by Gasteiger charge is 2.02. The molecule has 0 fully saturated rings. The van der Waals surface area contributed by atoms with Crippen molar-refractivity contribution in [3.63, 3.8) is 0 Å². The standard InChI is InChI=1S/C21H28F3NO2/c22-13-17(12-21(25)26)7-5-3-1-2-4-6-8-27-16-20-10-18(14-23)9-19(11-20)15-24/h5,7,9-12H,1-4,6,8,13-16H2,(H2,25,26).